The third-order valence-electron chi connectivity index (χ3n) is 2.67. The fourth-order valence-electron chi connectivity index (χ4n) is 1.60. The maximum Gasteiger partial charge on any atom is 0.420 e. The molecule has 108 valence electrons. The SMILES string of the molecule is Cc1ccnc(Oc2ccc(C#N)cc2C(F)(F)F)c1Br. The van der Waals surface area contributed by atoms with Crippen LogP contribution in [0.15, 0.2) is 34.9 Å². The van der Waals surface area contributed by atoms with Crippen LogP contribution in [-0.2, 0) is 6.18 Å². The molecule has 7 heteroatoms. The lowest BCUT2D eigenvalue weighted by Gasteiger charge is -2.14. The molecular formula is C14H8BrF3N2O. The number of nitriles is 1. The molecule has 0 radical (unpaired) electrons. The molecule has 0 aliphatic heterocycles. The lowest BCUT2D eigenvalue weighted by atomic mass is 10.1. The van der Waals surface area contributed by atoms with Crippen LogP contribution in [0.5, 0.6) is 11.6 Å². The Morgan fingerprint density at radius 2 is 2.00 bits per heavy atom. The van der Waals surface area contributed by atoms with E-state index in [1.54, 1.807) is 19.1 Å². The molecule has 2 aromatic rings. The Balaban J connectivity index is 2.50. The molecule has 1 aromatic heterocycles. The molecule has 0 bridgehead atoms. The third kappa shape index (κ3) is 3.34. The van der Waals surface area contributed by atoms with Gasteiger partial charge in [0.1, 0.15) is 5.75 Å². The molecular weight excluding hydrogens is 349 g/mol. The zero-order valence-corrected chi connectivity index (χ0v) is 12.3. The summed E-state index contributed by atoms with van der Waals surface area (Å²) < 4.78 is 44.8. The summed E-state index contributed by atoms with van der Waals surface area (Å²) in [6, 6.07) is 6.48. The van der Waals surface area contributed by atoms with Crippen LogP contribution in [0.1, 0.15) is 16.7 Å². The molecule has 2 rings (SSSR count). The van der Waals surface area contributed by atoms with Gasteiger partial charge in [-0.25, -0.2) is 4.98 Å². The van der Waals surface area contributed by atoms with Gasteiger partial charge in [0.05, 0.1) is 21.7 Å². The first-order chi connectivity index (χ1) is 9.82. The summed E-state index contributed by atoms with van der Waals surface area (Å²) in [7, 11) is 0. The largest absolute Gasteiger partial charge is 0.437 e. The van der Waals surface area contributed by atoms with Gasteiger partial charge >= 0.3 is 6.18 Å². The van der Waals surface area contributed by atoms with Gasteiger partial charge in [-0.2, -0.15) is 18.4 Å². The van der Waals surface area contributed by atoms with E-state index in [0.29, 0.717) is 4.47 Å². The Morgan fingerprint density at radius 3 is 2.62 bits per heavy atom. The highest BCUT2D eigenvalue weighted by Crippen LogP contribution is 2.39. The third-order valence-corrected chi connectivity index (χ3v) is 3.64. The number of pyridine rings is 1. The van der Waals surface area contributed by atoms with E-state index >= 15 is 0 Å². The van der Waals surface area contributed by atoms with Crippen molar-refractivity contribution in [3.8, 4) is 17.7 Å². The van der Waals surface area contributed by atoms with Gasteiger partial charge in [0, 0.05) is 6.20 Å². The number of hydrogen-bond acceptors (Lipinski definition) is 3. The van der Waals surface area contributed by atoms with Gasteiger partial charge in [-0.1, -0.05) is 0 Å². The number of aromatic nitrogens is 1. The zero-order valence-electron chi connectivity index (χ0n) is 10.7. The van der Waals surface area contributed by atoms with Crippen molar-refractivity contribution in [2.45, 2.75) is 13.1 Å². The Kier molecular flexibility index (Phi) is 4.19. The molecule has 21 heavy (non-hydrogen) atoms. The summed E-state index contributed by atoms with van der Waals surface area (Å²) in [5.41, 5.74) is -0.329. The molecule has 0 spiro atoms. The average molecular weight is 357 g/mol. The number of nitrogens with zero attached hydrogens (tertiary/aromatic N) is 2. The number of alkyl halides is 3. The Bertz CT molecular complexity index is 723. The Hall–Kier alpha value is -2.07. The van der Waals surface area contributed by atoms with Gasteiger partial charge in [0.15, 0.2) is 0 Å². The van der Waals surface area contributed by atoms with E-state index < -0.39 is 17.5 Å². The van der Waals surface area contributed by atoms with Gasteiger partial charge in [-0.3, -0.25) is 0 Å². The number of hydrogen-bond donors (Lipinski definition) is 0. The lowest BCUT2D eigenvalue weighted by Crippen LogP contribution is -2.08. The molecule has 0 amide bonds. The van der Waals surface area contributed by atoms with Crippen molar-refractivity contribution in [2.75, 3.05) is 0 Å². The summed E-state index contributed by atoms with van der Waals surface area (Å²) in [4.78, 5) is 3.90. The van der Waals surface area contributed by atoms with Crippen molar-refractivity contribution in [3.63, 3.8) is 0 Å². The topological polar surface area (TPSA) is 45.9 Å². The van der Waals surface area contributed by atoms with E-state index in [4.69, 9.17) is 10.00 Å². The molecule has 1 aromatic carbocycles. The number of aryl methyl sites for hydroxylation is 1. The molecule has 0 fully saturated rings. The highest BCUT2D eigenvalue weighted by molar-refractivity contribution is 9.10. The minimum atomic E-state index is -4.63. The van der Waals surface area contributed by atoms with Crippen LogP contribution in [0.4, 0.5) is 13.2 Å². The zero-order chi connectivity index (χ0) is 15.6. The van der Waals surface area contributed by atoms with Crippen molar-refractivity contribution in [1.29, 1.82) is 5.26 Å². The fraction of sp³-hybridized carbons (Fsp3) is 0.143. The van der Waals surface area contributed by atoms with Gasteiger partial charge < -0.3 is 4.74 Å². The van der Waals surface area contributed by atoms with Crippen LogP contribution in [0, 0.1) is 18.3 Å². The first kappa shape index (κ1) is 15.3. The van der Waals surface area contributed by atoms with Crippen molar-refractivity contribution < 1.29 is 17.9 Å². The van der Waals surface area contributed by atoms with Crippen molar-refractivity contribution in [1.82, 2.24) is 4.98 Å². The van der Waals surface area contributed by atoms with Crippen molar-refractivity contribution in [3.05, 3.63) is 51.6 Å². The fourth-order valence-corrected chi connectivity index (χ4v) is 1.92. The molecule has 0 saturated heterocycles. The number of benzene rings is 1. The van der Waals surface area contributed by atoms with Gasteiger partial charge in [0.25, 0.3) is 0 Å². The highest BCUT2D eigenvalue weighted by Gasteiger charge is 2.35. The van der Waals surface area contributed by atoms with Crippen LogP contribution in [0.3, 0.4) is 0 Å². The minimum absolute atomic E-state index is 0.0326. The first-order valence-corrected chi connectivity index (χ1v) is 6.52. The molecule has 0 aliphatic carbocycles. The number of rotatable bonds is 2. The van der Waals surface area contributed by atoms with E-state index in [1.165, 1.54) is 12.3 Å². The van der Waals surface area contributed by atoms with E-state index in [9.17, 15) is 13.2 Å². The number of halogens is 4. The second-order valence-corrected chi connectivity index (χ2v) is 4.96. The molecule has 0 saturated carbocycles. The van der Waals surface area contributed by atoms with Crippen molar-refractivity contribution >= 4 is 15.9 Å². The summed E-state index contributed by atoms with van der Waals surface area (Å²) in [6.45, 7) is 1.77. The van der Waals surface area contributed by atoms with Crippen LogP contribution >= 0.6 is 15.9 Å². The summed E-state index contributed by atoms with van der Waals surface area (Å²) >= 11 is 3.22. The minimum Gasteiger partial charge on any atom is -0.437 e. The first-order valence-electron chi connectivity index (χ1n) is 5.73. The second kappa shape index (κ2) is 5.74. The van der Waals surface area contributed by atoms with E-state index in [-0.39, 0.29) is 11.4 Å². The molecule has 0 aliphatic rings. The number of ether oxygens (including phenoxy) is 1. The summed E-state index contributed by atoms with van der Waals surface area (Å²) in [6.07, 6.45) is -3.19. The predicted octanol–water partition coefficient (Wildman–Crippen LogP) is 4.84. The Labute approximate surface area is 127 Å². The highest BCUT2D eigenvalue weighted by atomic mass is 79.9. The predicted molar refractivity (Wildman–Crippen MR) is 72.9 cm³/mol. The summed E-state index contributed by atoms with van der Waals surface area (Å²) in [5, 5.41) is 8.71. The molecule has 0 atom stereocenters. The van der Waals surface area contributed by atoms with Crippen LogP contribution in [0.2, 0.25) is 0 Å². The van der Waals surface area contributed by atoms with Crippen LogP contribution in [-0.4, -0.2) is 4.98 Å². The lowest BCUT2D eigenvalue weighted by molar-refractivity contribution is -0.138. The summed E-state index contributed by atoms with van der Waals surface area (Å²) in [5.74, 6) is -0.370. The molecule has 0 N–H and O–H groups in total. The maximum atomic E-state index is 13.0. The molecule has 3 nitrogen and oxygen atoms in total. The maximum absolute atomic E-state index is 13.0. The molecule has 0 unspecified atom stereocenters. The van der Waals surface area contributed by atoms with Crippen LogP contribution < -0.4 is 4.74 Å². The van der Waals surface area contributed by atoms with E-state index in [0.717, 1.165) is 17.7 Å². The molecule has 1 heterocycles. The smallest absolute Gasteiger partial charge is 0.420 e. The van der Waals surface area contributed by atoms with Gasteiger partial charge in [0.2, 0.25) is 5.88 Å². The van der Waals surface area contributed by atoms with Gasteiger partial charge in [-0.05, 0) is 52.7 Å². The van der Waals surface area contributed by atoms with E-state index in [2.05, 4.69) is 20.9 Å². The monoisotopic (exact) mass is 356 g/mol. The second-order valence-electron chi connectivity index (χ2n) is 4.17. The quantitative estimate of drug-likeness (QED) is 0.773. The van der Waals surface area contributed by atoms with Gasteiger partial charge in [-0.15, -0.1) is 0 Å². The standard InChI is InChI=1S/C14H8BrF3N2O/c1-8-4-5-20-13(12(8)15)21-11-3-2-9(7-19)6-10(11)14(16,17)18/h2-6H,1H3. The average Bonchev–Trinajstić information content (AvgIpc) is 2.43. The van der Waals surface area contributed by atoms with E-state index in [1.807, 2.05) is 0 Å². The van der Waals surface area contributed by atoms with Crippen LogP contribution in [0.25, 0.3) is 0 Å². The van der Waals surface area contributed by atoms with Crippen molar-refractivity contribution in [2.24, 2.45) is 0 Å². The Morgan fingerprint density at radius 1 is 1.29 bits per heavy atom. The normalized spacial score (nSPS) is 11.0.